The van der Waals surface area contributed by atoms with Crippen LogP contribution in [-0.4, -0.2) is 10.8 Å². The minimum atomic E-state index is 0.438. The number of thiazole rings is 1. The summed E-state index contributed by atoms with van der Waals surface area (Å²) in [4.78, 5) is 17.4. The van der Waals surface area contributed by atoms with Crippen molar-refractivity contribution in [2.24, 2.45) is 29.6 Å². The lowest BCUT2D eigenvalue weighted by Gasteiger charge is -2.06. The van der Waals surface area contributed by atoms with Gasteiger partial charge in [-0.2, -0.15) is 0 Å². The second kappa shape index (κ2) is 3.16. The number of aromatic nitrogens is 1. The predicted molar refractivity (Wildman–Crippen MR) is 62.1 cm³/mol. The molecular formula is C13H15NOS. The molecule has 2 bridgehead atoms. The quantitative estimate of drug-likeness (QED) is 0.803. The Labute approximate surface area is 99.1 Å². The summed E-state index contributed by atoms with van der Waals surface area (Å²) in [6.45, 7) is 0. The third-order valence-corrected chi connectivity index (χ3v) is 5.72. The topological polar surface area (TPSA) is 30.0 Å². The first-order valence-electron chi connectivity index (χ1n) is 6.24. The second-order valence-corrected chi connectivity index (χ2v) is 6.60. The molecule has 4 atom stereocenters. The average molecular weight is 233 g/mol. The molecule has 0 saturated heterocycles. The van der Waals surface area contributed by atoms with Crippen molar-refractivity contribution in [3.63, 3.8) is 0 Å². The van der Waals surface area contributed by atoms with Crippen molar-refractivity contribution in [1.29, 1.82) is 0 Å². The predicted octanol–water partition coefficient (Wildman–Crippen LogP) is 2.55. The zero-order valence-electron chi connectivity index (χ0n) is 9.13. The van der Waals surface area contributed by atoms with E-state index in [1.54, 1.807) is 11.3 Å². The summed E-state index contributed by atoms with van der Waals surface area (Å²) in [6.07, 6.45) is 6.71. The summed E-state index contributed by atoms with van der Waals surface area (Å²) >= 11 is 1.61. The van der Waals surface area contributed by atoms with Gasteiger partial charge in [0, 0.05) is 23.4 Å². The SMILES string of the molecule is O=C(Cc1cncs1)C1C2C3CCC(C3)C12. The van der Waals surface area contributed by atoms with Gasteiger partial charge in [0.25, 0.3) is 0 Å². The van der Waals surface area contributed by atoms with E-state index in [4.69, 9.17) is 0 Å². The molecule has 0 aromatic carbocycles. The van der Waals surface area contributed by atoms with Crippen LogP contribution >= 0.6 is 11.3 Å². The van der Waals surface area contributed by atoms with Gasteiger partial charge in [-0.1, -0.05) is 0 Å². The number of carbonyl (C=O) groups is 1. The summed E-state index contributed by atoms with van der Waals surface area (Å²) < 4.78 is 0. The number of nitrogens with zero attached hydrogens (tertiary/aromatic N) is 1. The lowest BCUT2D eigenvalue weighted by atomic mass is 9.98. The van der Waals surface area contributed by atoms with E-state index in [2.05, 4.69) is 4.98 Å². The smallest absolute Gasteiger partial charge is 0.141 e. The van der Waals surface area contributed by atoms with E-state index in [-0.39, 0.29) is 0 Å². The molecule has 16 heavy (non-hydrogen) atoms. The fourth-order valence-corrected chi connectivity index (χ4v) is 4.98. The van der Waals surface area contributed by atoms with E-state index in [1.165, 1.54) is 19.3 Å². The van der Waals surface area contributed by atoms with Gasteiger partial charge >= 0.3 is 0 Å². The van der Waals surface area contributed by atoms with Crippen LogP contribution in [-0.2, 0) is 11.2 Å². The Morgan fingerprint density at radius 1 is 1.38 bits per heavy atom. The minimum absolute atomic E-state index is 0.438. The largest absolute Gasteiger partial charge is 0.299 e. The van der Waals surface area contributed by atoms with Gasteiger partial charge in [0.15, 0.2) is 0 Å². The molecule has 0 spiro atoms. The Morgan fingerprint density at radius 2 is 2.12 bits per heavy atom. The molecule has 0 radical (unpaired) electrons. The van der Waals surface area contributed by atoms with E-state index in [0.29, 0.717) is 18.1 Å². The number of hydrogen-bond donors (Lipinski definition) is 0. The molecule has 0 N–H and O–H groups in total. The van der Waals surface area contributed by atoms with Crippen LogP contribution < -0.4 is 0 Å². The Bertz CT molecular complexity index is 411. The third kappa shape index (κ3) is 1.18. The van der Waals surface area contributed by atoms with Crippen LogP contribution in [0, 0.1) is 29.6 Å². The molecule has 1 aromatic rings. The van der Waals surface area contributed by atoms with Gasteiger partial charge in [-0.3, -0.25) is 9.78 Å². The highest BCUT2D eigenvalue weighted by Crippen LogP contribution is 2.69. The van der Waals surface area contributed by atoms with Crippen molar-refractivity contribution in [2.45, 2.75) is 25.7 Å². The van der Waals surface area contributed by atoms with E-state index >= 15 is 0 Å². The van der Waals surface area contributed by atoms with Crippen LogP contribution in [0.2, 0.25) is 0 Å². The lowest BCUT2D eigenvalue weighted by molar-refractivity contribution is -0.120. The van der Waals surface area contributed by atoms with Gasteiger partial charge in [-0.25, -0.2) is 0 Å². The highest BCUT2D eigenvalue weighted by molar-refractivity contribution is 7.09. The van der Waals surface area contributed by atoms with Crippen LogP contribution in [0.3, 0.4) is 0 Å². The first kappa shape index (κ1) is 9.34. The first-order valence-corrected chi connectivity index (χ1v) is 7.12. The summed E-state index contributed by atoms with van der Waals surface area (Å²) in [5.74, 6) is 4.33. The molecule has 3 aliphatic rings. The zero-order valence-corrected chi connectivity index (χ0v) is 9.95. The van der Waals surface area contributed by atoms with Gasteiger partial charge in [0.05, 0.1) is 5.51 Å². The van der Waals surface area contributed by atoms with Crippen molar-refractivity contribution >= 4 is 17.1 Å². The first-order chi connectivity index (χ1) is 7.84. The molecule has 3 aliphatic carbocycles. The van der Waals surface area contributed by atoms with Gasteiger partial charge in [-0.15, -0.1) is 11.3 Å². The second-order valence-electron chi connectivity index (χ2n) is 5.62. The van der Waals surface area contributed by atoms with E-state index in [9.17, 15) is 4.79 Å². The summed E-state index contributed by atoms with van der Waals surface area (Å²) in [5, 5.41) is 0. The molecule has 0 amide bonds. The number of hydrogen-bond acceptors (Lipinski definition) is 3. The maximum absolute atomic E-state index is 12.2. The fraction of sp³-hybridized carbons (Fsp3) is 0.692. The van der Waals surface area contributed by atoms with E-state index in [1.807, 2.05) is 11.7 Å². The monoisotopic (exact) mass is 233 g/mol. The average Bonchev–Trinajstić information content (AvgIpc) is 2.73. The maximum Gasteiger partial charge on any atom is 0.141 e. The molecule has 3 fully saturated rings. The molecule has 2 nitrogen and oxygen atoms in total. The van der Waals surface area contributed by atoms with Gasteiger partial charge < -0.3 is 0 Å². The van der Waals surface area contributed by atoms with Gasteiger partial charge in [0.1, 0.15) is 5.78 Å². The van der Waals surface area contributed by atoms with Crippen molar-refractivity contribution in [3.05, 3.63) is 16.6 Å². The Balaban J connectivity index is 1.47. The van der Waals surface area contributed by atoms with Crippen LogP contribution in [0.25, 0.3) is 0 Å². The molecule has 1 heterocycles. The Kier molecular flexibility index (Phi) is 1.84. The van der Waals surface area contributed by atoms with Crippen molar-refractivity contribution in [1.82, 2.24) is 4.98 Å². The third-order valence-electron chi connectivity index (χ3n) is 4.94. The molecule has 3 saturated carbocycles. The summed E-state index contributed by atoms with van der Waals surface area (Å²) in [5.41, 5.74) is 1.82. The van der Waals surface area contributed by atoms with Crippen molar-refractivity contribution < 1.29 is 4.79 Å². The number of Topliss-reactive ketones (excluding diaryl/α,β-unsaturated/α-hetero) is 1. The fourth-order valence-electron chi connectivity index (χ4n) is 4.37. The van der Waals surface area contributed by atoms with Gasteiger partial charge in [0.2, 0.25) is 0 Å². The van der Waals surface area contributed by atoms with Crippen LogP contribution in [0.4, 0.5) is 0 Å². The van der Waals surface area contributed by atoms with Crippen LogP contribution in [0.1, 0.15) is 24.1 Å². The maximum atomic E-state index is 12.2. The van der Waals surface area contributed by atoms with Crippen LogP contribution in [0.15, 0.2) is 11.7 Å². The molecule has 0 aliphatic heterocycles. The minimum Gasteiger partial charge on any atom is -0.299 e. The molecular weight excluding hydrogens is 218 g/mol. The molecule has 84 valence electrons. The number of rotatable bonds is 3. The molecule has 4 rings (SSSR count). The van der Waals surface area contributed by atoms with Crippen molar-refractivity contribution in [3.8, 4) is 0 Å². The molecule has 3 heteroatoms. The highest BCUT2D eigenvalue weighted by Gasteiger charge is 2.66. The lowest BCUT2D eigenvalue weighted by Crippen LogP contribution is -2.11. The number of fused-ring (bicyclic) bond motifs is 5. The van der Waals surface area contributed by atoms with E-state index < -0.39 is 0 Å². The normalized spacial score (nSPS) is 43.4. The summed E-state index contributed by atoms with van der Waals surface area (Å²) in [7, 11) is 0. The molecule has 4 unspecified atom stereocenters. The standard InChI is InChI=1S/C13H15NOS/c15-10(4-9-5-14-6-16-9)13-11-7-1-2-8(3-7)12(11)13/h5-8,11-13H,1-4H2. The summed E-state index contributed by atoms with van der Waals surface area (Å²) in [6, 6.07) is 0. The van der Waals surface area contributed by atoms with Gasteiger partial charge in [-0.05, 0) is 42.9 Å². The Hall–Kier alpha value is -0.700. The Morgan fingerprint density at radius 3 is 2.75 bits per heavy atom. The van der Waals surface area contributed by atoms with Crippen molar-refractivity contribution in [2.75, 3.05) is 0 Å². The zero-order chi connectivity index (χ0) is 10.7. The highest BCUT2D eigenvalue weighted by atomic mass is 32.1. The number of carbonyl (C=O) groups excluding carboxylic acids is 1. The van der Waals surface area contributed by atoms with E-state index in [0.717, 1.165) is 28.5 Å². The molecule has 1 aromatic heterocycles. The van der Waals surface area contributed by atoms with Crippen LogP contribution in [0.5, 0.6) is 0 Å². The number of ketones is 1.